The predicted octanol–water partition coefficient (Wildman–Crippen LogP) is 3.61. The van der Waals surface area contributed by atoms with E-state index in [9.17, 15) is 0 Å². The Balaban J connectivity index is 2.15. The lowest BCUT2D eigenvalue weighted by atomic mass is 9.87. The summed E-state index contributed by atoms with van der Waals surface area (Å²) in [6, 6.07) is 0.295. The largest absolute Gasteiger partial charge is 0.250 e. The van der Waals surface area contributed by atoms with Crippen molar-refractivity contribution in [3.63, 3.8) is 0 Å². The van der Waals surface area contributed by atoms with Gasteiger partial charge < -0.3 is 0 Å². The number of rotatable bonds is 4. The molecule has 6 heteroatoms. The van der Waals surface area contributed by atoms with Crippen LogP contribution in [0, 0.1) is 5.41 Å². The second-order valence-electron chi connectivity index (χ2n) is 5.58. The van der Waals surface area contributed by atoms with E-state index in [0.717, 1.165) is 12.8 Å². The molecule has 0 amide bonds. The van der Waals surface area contributed by atoms with Crippen molar-refractivity contribution in [1.82, 2.24) is 19.7 Å². The van der Waals surface area contributed by atoms with Gasteiger partial charge in [-0.05, 0) is 11.8 Å². The molecule has 0 radical (unpaired) electrons. The molecule has 1 atom stereocenters. The van der Waals surface area contributed by atoms with Crippen LogP contribution in [0.5, 0.6) is 0 Å². The number of nitrogens with zero attached hydrogens (tertiary/aromatic N) is 4. The highest BCUT2D eigenvalue weighted by molar-refractivity contribution is 7.15. The van der Waals surface area contributed by atoms with Gasteiger partial charge in [0.05, 0.1) is 6.04 Å². The first-order chi connectivity index (χ1) is 8.44. The molecule has 2 aromatic heterocycles. The van der Waals surface area contributed by atoms with Crippen LogP contribution in [0.25, 0.3) is 0 Å². The zero-order valence-corrected chi connectivity index (χ0v) is 12.4. The average Bonchev–Trinajstić information content (AvgIpc) is 2.86. The van der Waals surface area contributed by atoms with Gasteiger partial charge in [0.25, 0.3) is 0 Å². The van der Waals surface area contributed by atoms with Crippen LogP contribution in [0.2, 0.25) is 4.47 Å². The summed E-state index contributed by atoms with van der Waals surface area (Å²) in [6.07, 6.45) is 7.13. The van der Waals surface area contributed by atoms with Gasteiger partial charge in [-0.3, -0.25) is 0 Å². The van der Waals surface area contributed by atoms with E-state index in [2.05, 4.69) is 35.8 Å². The summed E-state index contributed by atoms with van der Waals surface area (Å²) in [5.41, 5.74) is 0.241. The van der Waals surface area contributed by atoms with Crippen LogP contribution >= 0.6 is 22.9 Å². The Kier molecular flexibility index (Phi) is 4.02. The molecule has 0 bridgehead atoms. The third-order valence-corrected chi connectivity index (χ3v) is 3.76. The van der Waals surface area contributed by atoms with Gasteiger partial charge in [0.2, 0.25) is 0 Å². The van der Waals surface area contributed by atoms with Crippen molar-refractivity contribution in [2.75, 3.05) is 0 Å². The van der Waals surface area contributed by atoms with Gasteiger partial charge in [-0.1, -0.05) is 32.4 Å². The summed E-state index contributed by atoms with van der Waals surface area (Å²) in [4.78, 5) is 9.30. The van der Waals surface area contributed by atoms with Crippen molar-refractivity contribution >= 4 is 22.9 Å². The predicted molar refractivity (Wildman–Crippen MR) is 74.0 cm³/mol. The van der Waals surface area contributed by atoms with E-state index in [0.29, 0.717) is 10.5 Å². The van der Waals surface area contributed by atoms with Crippen LogP contribution in [-0.4, -0.2) is 19.7 Å². The van der Waals surface area contributed by atoms with Gasteiger partial charge in [0, 0.05) is 17.5 Å². The molecular weight excluding hydrogens is 268 g/mol. The normalized spacial score (nSPS) is 13.8. The molecule has 0 aromatic carbocycles. The Morgan fingerprint density at radius 3 is 2.72 bits per heavy atom. The smallest absolute Gasteiger partial charge is 0.183 e. The van der Waals surface area contributed by atoms with Crippen LogP contribution in [0.3, 0.4) is 0 Å². The first-order valence-corrected chi connectivity index (χ1v) is 7.08. The Bertz CT molecular complexity index is 486. The number of hydrogen-bond acceptors (Lipinski definition) is 4. The molecule has 0 N–H and O–H groups in total. The lowest BCUT2D eigenvalue weighted by Crippen LogP contribution is -2.19. The molecule has 2 heterocycles. The minimum atomic E-state index is 0.241. The van der Waals surface area contributed by atoms with Crippen LogP contribution in [0.15, 0.2) is 18.9 Å². The molecule has 0 aliphatic rings. The minimum Gasteiger partial charge on any atom is -0.250 e. The lowest BCUT2D eigenvalue weighted by Gasteiger charge is -2.25. The molecule has 0 saturated heterocycles. The summed E-state index contributed by atoms with van der Waals surface area (Å²) in [5, 5.41) is 4.26. The minimum absolute atomic E-state index is 0.241. The van der Waals surface area contributed by atoms with Gasteiger partial charge in [0.15, 0.2) is 4.47 Å². The first-order valence-electron chi connectivity index (χ1n) is 5.88. The fourth-order valence-corrected chi connectivity index (χ4v) is 3.03. The standard InChI is InChI=1S/C12H17ClN4S/c1-12(2,3)5-9(17-8-14-7-16-17)4-10-6-15-11(13)18-10/h6-9H,4-5H2,1-3H3. The zero-order chi connectivity index (χ0) is 13.2. The number of aromatic nitrogens is 4. The highest BCUT2D eigenvalue weighted by atomic mass is 35.5. The molecule has 0 fully saturated rings. The maximum absolute atomic E-state index is 5.87. The quantitative estimate of drug-likeness (QED) is 0.861. The van der Waals surface area contributed by atoms with Crippen molar-refractivity contribution in [2.45, 2.75) is 39.7 Å². The van der Waals surface area contributed by atoms with E-state index in [1.807, 2.05) is 10.9 Å². The Morgan fingerprint density at radius 2 is 2.22 bits per heavy atom. The van der Waals surface area contributed by atoms with Gasteiger partial charge in [-0.2, -0.15) is 5.10 Å². The molecule has 2 aromatic rings. The van der Waals surface area contributed by atoms with E-state index in [-0.39, 0.29) is 5.41 Å². The van der Waals surface area contributed by atoms with Crippen molar-refractivity contribution in [3.8, 4) is 0 Å². The van der Waals surface area contributed by atoms with E-state index in [1.54, 1.807) is 12.7 Å². The SMILES string of the molecule is CC(C)(C)CC(Cc1cnc(Cl)s1)n1cncn1. The van der Waals surface area contributed by atoms with Crippen molar-refractivity contribution < 1.29 is 0 Å². The van der Waals surface area contributed by atoms with Gasteiger partial charge in [-0.25, -0.2) is 14.6 Å². The van der Waals surface area contributed by atoms with Crippen molar-refractivity contribution in [1.29, 1.82) is 0 Å². The van der Waals surface area contributed by atoms with Gasteiger partial charge in [-0.15, -0.1) is 11.3 Å². The number of halogens is 1. The molecule has 0 aliphatic carbocycles. The summed E-state index contributed by atoms with van der Waals surface area (Å²) in [5.74, 6) is 0. The Morgan fingerprint density at radius 1 is 1.44 bits per heavy atom. The monoisotopic (exact) mass is 284 g/mol. The lowest BCUT2D eigenvalue weighted by molar-refractivity contribution is 0.277. The fraction of sp³-hybridized carbons (Fsp3) is 0.583. The average molecular weight is 285 g/mol. The van der Waals surface area contributed by atoms with Gasteiger partial charge >= 0.3 is 0 Å². The van der Waals surface area contributed by atoms with Crippen LogP contribution < -0.4 is 0 Å². The van der Waals surface area contributed by atoms with Gasteiger partial charge in [0.1, 0.15) is 12.7 Å². The van der Waals surface area contributed by atoms with Crippen LogP contribution in [0.4, 0.5) is 0 Å². The molecule has 2 rings (SSSR count). The second kappa shape index (κ2) is 5.36. The second-order valence-corrected chi connectivity index (χ2v) is 7.28. The molecule has 98 valence electrons. The molecule has 1 unspecified atom stereocenters. The molecule has 4 nitrogen and oxygen atoms in total. The van der Waals surface area contributed by atoms with Crippen LogP contribution in [0.1, 0.15) is 38.1 Å². The summed E-state index contributed by atoms with van der Waals surface area (Å²) >= 11 is 7.41. The topological polar surface area (TPSA) is 43.6 Å². The summed E-state index contributed by atoms with van der Waals surface area (Å²) < 4.78 is 2.52. The summed E-state index contributed by atoms with van der Waals surface area (Å²) in [7, 11) is 0. The highest BCUT2D eigenvalue weighted by Crippen LogP contribution is 2.31. The zero-order valence-electron chi connectivity index (χ0n) is 10.8. The molecule has 0 aliphatic heterocycles. The molecular formula is C12H17ClN4S. The first kappa shape index (κ1) is 13.5. The van der Waals surface area contributed by atoms with E-state index >= 15 is 0 Å². The van der Waals surface area contributed by atoms with E-state index in [1.165, 1.54) is 16.2 Å². The molecule has 0 spiro atoms. The summed E-state index contributed by atoms with van der Waals surface area (Å²) in [6.45, 7) is 6.70. The Labute approximate surface area is 116 Å². The number of thiazole rings is 1. The van der Waals surface area contributed by atoms with Crippen LogP contribution in [-0.2, 0) is 6.42 Å². The van der Waals surface area contributed by atoms with Crippen molar-refractivity contribution in [3.05, 3.63) is 28.2 Å². The maximum atomic E-state index is 5.87. The van der Waals surface area contributed by atoms with E-state index in [4.69, 9.17) is 11.6 Å². The Hall–Kier alpha value is -0.940. The highest BCUT2D eigenvalue weighted by Gasteiger charge is 2.22. The van der Waals surface area contributed by atoms with E-state index < -0.39 is 0 Å². The fourth-order valence-electron chi connectivity index (χ4n) is 1.98. The third kappa shape index (κ3) is 3.78. The third-order valence-electron chi connectivity index (χ3n) is 2.62. The molecule has 0 saturated carbocycles. The molecule has 18 heavy (non-hydrogen) atoms. The number of hydrogen-bond donors (Lipinski definition) is 0. The maximum Gasteiger partial charge on any atom is 0.183 e. The van der Waals surface area contributed by atoms with Crippen molar-refractivity contribution in [2.24, 2.45) is 5.41 Å².